The Hall–Kier alpha value is -3.16. The van der Waals surface area contributed by atoms with E-state index >= 15 is 0 Å². The molecule has 1 aromatic rings. The Bertz CT molecular complexity index is 2990. The van der Waals surface area contributed by atoms with Crippen molar-refractivity contribution in [1.29, 1.82) is 0 Å². The van der Waals surface area contributed by atoms with E-state index in [0.29, 0.717) is 32.2 Å². The van der Waals surface area contributed by atoms with Crippen molar-refractivity contribution >= 4 is 46.8 Å². The van der Waals surface area contributed by atoms with Crippen molar-refractivity contribution in [3.8, 4) is 0 Å². The first kappa shape index (κ1) is 154. The Morgan fingerprint density at radius 1 is 0.201 bits per heavy atom. The highest BCUT2D eigenvalue weighted by Gasteiger charge is 2.23. The van der Waals surface area contributed by atoms with Crippen LogP contribution in [0.4, 0.5) is 0 Å². The van der Waals surface area contributed by atoms with Crippen molar-refractivity contribution in [3.63, 3.8) is 0 Å². The van der Waals surface area contributed by atoms with Gasteiger partial charge in [0, 0.05) is 88.7 Å². The maximum Gasteiger partial charge on any atom is 0.243 e. The maximum atomic E-state index is 11.3. The van der Waals surface area contributed by atoms with Crippen LogP contribution in [0.2, 0.25) is 0 Å². The van der Waals surface area contributed by atoms with Crippen molar-refractivity contribution in [3.05, 3.63) is 137 Å². The molecule has 0 heterocycles. The Kier molecular flexibility index (Phi) is 109. The highest BCUT2D eigenvalue weighted by atomic mass is 79.9. The van der Waals surface area contributed by atoms with Gasteiger partial charge in [-0.15, -0.1) is 0 Å². The van der Waals surface area contributed by atoms with Crippen LogP contribution < -0.4 is 148 Å². The fraction of sp³-hybridized carbons (Fsp3) is 0.717. The van der Waals surface area contributed by atoms with Gasteiger partial charge in [-0.2, -0.15) is 0 Å². The van der Waals surface area contributed by atoms with Crippen LogP contribution in [-0.4, -0.2) is 313 Å². The topological polar surface area (TPSA) is 185 Å². The van der Waals surface area contributed by atoms with Crippen LogP contribution in [0.3, 0.4) is 0 Å². The molecule has 4 amide bonds. The summed E-state index contributed by atoms with van der Waals surface area (Å²) in [5.41, 5.74) is 2.66. The lowest BCUT2D eigenvalue weighted by molar-refractivity contribution is -0.904. The first-order valence-corrected chi connectivity index (χ1v) is 49.3. The summed E-state index contributed by atoms with van der Waals surface area (Å²) < 4.78 is 8.08. The second-order valence-electron chi connectivity index (χ2n) is 41.1. The Morgan fingerprint density at radius 2 is 0.328 bits per heavy atom. The van der Waals surface area contributed by atoms with E-state index in [-0.39, 0.29) is 173 Å². The lowest BCUT2D eigenvalue weighted by Crippen LogP contribution is -3.00. The van der Waals surface area contributed by atoms with Gasteiger partial charge >= 0.3 is 0 Å². The predicted molar refractivity (Wildman–Crippen MR) is 537 cm³/mol. The zero-order valence-electron chi connectivity index (χ0n) is 87.9. The zero-order chi connectivity index (χ0) is 95.5. The Labute approximate surface area is 898 Å². The Morgan fingerprint density at radius 3 is 0.478 bits per heavy atom. The molecule has 0 radical (unpaired) electrons. The molecule has 0 aliphatic rings. The smallest absolute Gasteiger partial charge is 0.243 e. The summed E-state index contributed by atoms with van der Waals surface area (Å²) in [4.78, 5) is 89.9. The normalized spacial score (nSPS) is 11.1. The van der Waals surface area contributed by atoms with E-state index in [0.717, 1.165) is 198 Å². The molecule has 28 heteroatoms. The average Bonchev–Trinajstić information content (AvgIpc) is 0.853. The van der Waals surface area contributed by atoms with E-state index in [2.05, 4.69) is 211 Å². The number of ketones is 4. The summed E-state index contributed by atoms with van der Waals surface area (Å²) in [5, 5.41) is 11.4. The number of nitrogens with one attached hydrogen (secondary N) is 4. The number of allylic oxidation sites excluding steroid dienone is 4. The minimum atomic E-state index is -0.109. The standard InChI is InChI=1S/C29H56N3O2.C27H52N3O2.C25H40N3O2.C25H48N3O2.6BrH.2ClH/c1-7-28(33)22-17-20-26-31(3,4)24-18-15-13-11-9-10-12-14-16-19-25-32(5,6)27-21-23-30-29(34)8-2;1-7-26(31)20-15-18-24-29(3,4)22-16-13-11-9-10-12-14-17-23-30(5,6)25-19-21-28-27(32)8-2;1-7-24(29)12-9-10-18-27(3,4)20-22-13-15-23(16-14-22)21-28(5,6)19-11-17-26-25(30)8-2;1-7-24(29)18-13-16-22-27(3,4)20-14-11-9-10-12-15-21-28(5,6)23-17-19-26-25(30)8-2;;;;;;;;/h7-8H,1-2,9-27H2,3-6H3;7-8H,1-2,9-25H2,3-6H3;7-8,13-16H,1-2,9-12,17-21H2,3-6H3;7-8H,1-2,9-23H2,3-6H3;8*1H/q4*+1;;;;;;;;/p-4. The van der Waals surface area contributed by atoms with Gasteiger partial charge in [0.2, 0.25) is 23.6 Å². The number of quaternary nitrogens is 8. The van der Waals surface area contributed by atoms with Crippen LogP contribution in [0.15, 0.2) is 126 Å². The number of amides is 4. The second-order valence-corrected chi connectivity index (χ2v) is 41.1. The molecule has 20 nitrogen and oxygen atoms in total. The van der Waals surface area contributed by atoms with Crippen molar-refractivity contribution in [2.45, 2.75) is 270 Å². The average molecular weight is 2320 g/mol. The summed E-state index contributed by atoms with van der Waals surface area (Å²) in [7, 11) is 36.5. The first-order valence-electron chi connectivity index (χ1n) is 49.3. The molecule has 788 valence electrons. The van der Waals surface area contributed by atoms with Gasteiger partial charge in [0.25, 0.3) is 0 Å². The van der Waals surface area contributed by atoms with E-state index < -0.39 is 0 Å². The van der Waals surface area contributed by atoms with Crippen LogP contribution in [0.1, 0.15) is 268 Å². The van der Waals surface area contributed by atoms with Gasteiger partial charge in [-0.25, -0.2) is 0 Å². The van der Waals surface area contributed by atoms with Crippen LogP contribution >= 0.6 is 0 Å². The molecule has 0 saturated carbocycles. The number of unbranched alkanes of at least 4 members (excludes halogenated alkanes) is 25. The third-order valence-electron chi connectivity index (χ3n) is 24.4. The second kappa shape index (κ2) is 94.7. The van der Waals surface area contributed by atoms with Crippen molar-refractivity contribution in [2.24, 2.45) is 0 Å². The molecule has 0 aromatic heterocycles. The summed E-state index contributed by atoms with van der Waals surface area (Å²) in [6.07, 6.45) is 57.9. The van der Waals surface area contributed by atoms with Crippen molar-refractivity contribution < 1.29 is 201 Å². The molecule has 1 rings (SSSR count). The molecular weight excluding hydrogens is 2120 g/mol. The number of carbonyl (C=O) groups is 8. The first-order chi connectivity index (χ1) is 59.4. The van der Waals surface area contributed by atoms with Gasteiger partial charge in [0.05, 0.1) is 204 Å². The van der Waals surface area contributed by atoms with Gasteiger partial charge in [-0.1, -0.05) is 154 Å². The van der Waals surface area contributed by atoms with Gasteiger partial charge in [0.15, 0.2) is 23.1 Å². The lowest BCUT2D eigenvalue weighted by Gasteiger charge is -2.31. The molecule has 4 N–H and O–H groups in total. The quantitative estimate of drug-likeness (QED) is 0.0283. The number of rotatable bonds is 81. The highest BCUT2D eigenvalue weighted by Crippen LogP contribution is 2.20. The van der Waals surface area contributed by atoms with Gasteiger partial charge < -0.3 is 184 Å². The summed E-state index contributed by atoms with van der Waals surface area (Å²) in [5.74, 6) is 0.308. The number of benzene rings is 1. The molecule has 0 aliphatic heterocycles. The third kappa shape index (κ3) is 105. The monoisotopic (exact) mass is 2310 g/mol. The van der Waals surface area contributed by atoms with E-state index in [1.165, 1.54) is 253 Å². The van der Waals surface area contributed by atoms with Gasteiger partial charge in [-0.05, 0) is 177 Å². The van der Waals surface area contributed by atoms with E-state index in [4.69, 9.17) is 0 Å². The Balaban J connectivity index is -0.000000164. The fourth-order valence-electron chi connectivity index (χ4n) is 15.9. The minimum Gasteiger partial charge on any atom is -1.00 e. The molecule has 0 fully saturated rings. The maximum absolute atomic E-state index is 11.3. The van der Waals surface area contributed by atoms with Crippen LogP contribution in [0.5, 0.6) is 0 Å². The van der Waals surface area contributed by atoms with Crippen LogP contribution in [0, 0.1) is 0 Å². The molecule has 0 atom stereocenters. The van der Waals surface area contributed by atoms with Crippen LogP contribution in [0.25, 0.3) is 0 Å². The largest absolute Gasteiger partial charge is 1.00 e. The van der Waals surface area contributed by atoms with E-state index in [1.807, 2.05) is 0 Å². The van der Waals surface area contributed by atoms with E-state index in [1.54, 1.807) is 0 Å². The number of carbonyl (C=O) groups excluding carboxylic acids is 8. The van der Waals surface area contributed by atoms with Gasteiger partial charge in [0.1, 0.15) is 13.1 Å². The highest BCUT2D eigenvalue weighted by molar-refractivity contribution is 5.90. The van der Waals surface area contributed by atoms with Crippen molar-refractivity contribution in [2.75, 3.05) is 231 Å². The van der Waals surface area contributed by atoms with Crippen LogP contribution in [-0.2, 0) is 51.4 Å². The number of hydrogen-bond donors (Lipinski definition) is 4. The molecule has 0 unspecified atom stereocenters. The molecular formula is C106H200Br6Cl2N12O8. The van der Waals surface area contributed by atoms with Crippen molar-refractivity contribution in [1.82, 2.24) is 21.3 Å². The SMILES string of the molecule is C=CC(=O)CCCC[N+](C)(C)CCCCCCCCCCCC[N+](C)(C)CCCNC(=O)C=C.C=CC(=O)CCCC[N+](C)(C)CCCCCCCCCC[N+](C)(C)CCCNC(=O)C=C.C=CC(=O)CCCC[N+](C)(C)CCCCCCCC[N+](C)(C)CCCNC(=O)C=C.C=CC(=O)CCCC[N+](C)(C)Cc1ccc(C[N+](C)(C)CCCNC(=O)C=C)cc1.[Br-].[Br-].[Br-].[Br-].[Br-].[Br-].[Cl-].[Cl-]. The third-order valence-corrected chi connectivity index (χ3v) is 24.4. The molecule has 1 aromatic carbocycles. The summed E-state index contributed by atoms with van der Waals surface area (Å²) >= 11 is 0. The molecule has 0 aliphatic carbocycles. The van der Waals surface area contributed by atoms with E-state index in [9.17, 15) is 38.4 Å². The molecule has 0 saturated heterocycles. The zero-order valence-corrected chi connectivity index (χ0v) is 98.9. The summed E-state index contributed by atoms with van der Waals surface area (Å²) in [6, 6.07) is 8.94. The lowest BCUT2D eigenvalue weighted by atomic mass is 10.1. The predicted octanol–water partition coefficient (Wildman–Crippen LogP) is -5.88. The molecule has 0 bridgehead atoms. The van der Waals surface area contributed by atoms with Gasteiger partial charge in [-0.3, -0.25) is 38.4 Å². The molecule has 134 heavy (non-hydrogen) atoms. The number of nitrogens with zero attached hydrogens (tertiary/aromatic N) is 8. The fourth-order valence-corrected chi connectivity index (χ4v) is 15.9. The number of hydrogen-bond acceptors (Lipinski definition) is 8. The summed E-state index contributed by atoms with van der Waals surface area (Å²) in [6.45, 7) is 49.0. The minimum absolute atomic E-state index is 0. The molecule has 0 spiro atoms. The number of halogens is 8.